The Hall–Kier alpha value is -1.94. The molecule has 0 unspecified atom stereocenters. The zero-order valence-electron chi connectivity index (χ0n) is 16.9. The Morgan fingerprint density at radius 3 is 1.86 bits per heavy atom. The quantitative estimate of drug-likeness (QED) is 0.132. The van der Waals surface area contributed by atoms with Crippen LogP contribution in [0.1, 0.15) is 44.9 Å². The van der Waals surface area contributed by atoms with Crippen molar-refractivity contribution in [1.82, 2.24) is 26.1 Å². The highest BCUT2D eigenvalue weighted by atomic mass is 16.2. The predicted molar refractivity (Wildman–Crippen MR) is 109 cm³/mol. The third-order valence-corrected chi connectivity index (χ3v) is 4.06. The Bertz CT molecular complexity index is 465. The third-order valence-electron chi connectivity index (χ3n) is 4.06. The van der Waals surface area contributed by atoms with Gasteiger partial charge < -0.3 is 26.0 Å². The van der Waals surface area contributed by atoms with Gasteiger partial charge in [0, 0.05) is 19.5 Å². The zero-order valence-corrected chi connectivity index (χ0v) is 16.9. The molecular weight excluding hydrogens is 361 g/mol. The molecule has 158 valence electrons. The Morgan fingerprint density at radius 2 is 1.36 bits per heavy atom. The number of hydrogen-bond donors (Lipinski definition) is 4. The molecule has 28 heavy (non-hydrogen) atoms. The second-order valence-electron chi connectivity index (χ2n) is 6.58. The average molecular weight is 395 g/mol. The van der Waals surface area contributed by atoms with Crippen LogP contribution in [0.4, 0.5) is 0 Å². The van der Waals surface area contributed by atoms with Gasteiger partial charge in [-0.05, 0) is 39.3 Å². The molecule has 0 aliphatic rings. The molecule has 0 atom stereocenters. The second kappa shape index (κ2) is 18.4. The molecule has 0 spiro atoms. The summed E-state index contributed by atoms with van der Waals surface area (Å²) in [4.78, 5) is 47.2. The highest BCUT2D eigenvalue weighted by Crippen LogP contribution is 1.98. The molecule has 2 radical (unpaired) electrons. The molecule has 3 amide bonds. The smallest absolute Gasteiger partial charge is 0.234 e. The van der Waals surface area contributed by atoms with Gasteiger partial charge in [-0.15, -0.1) is 0 Å². The normalized spacial score (nSPS) is 10.5. The van der Waals surface area contributed by atoms with Crippen LogP contribution >= 0.6 is 0 Å². The van der Waals surface area contributed by atoms with E-state index in [-0.39, 0.29) is 37.4 Å². The molecule has 4 N–H and O–H groups in total. The SMILES string of the molecule is [B]NC(=O)CCCCCNC(=O)CN(CC=O)CC(=O)NCCCCCNC. The molecule has 0 saturated carbocycles. The van der Waals surface area contributed by atoms with Crippen molar-refractivity contribution in [1.29, 1.82) is 0 Å². The number of nitrogens with zero attached hydrogens (tertiary/aromatic N) is 1. The fourth-order valence-corrected chi connectivity index (χ4v) is 2.53. The van der Waals surface area contributed by atoms with Crippen LogP contribution in [-0.2, 0) is 19.2 Å². The van der Waals surface area contributed by atoms with E-state index in [0.717, 1.165) is 38.6 Å². The summed E-state index contributed by atoms with van der Waals surface area (Å²) in [5.41, 5.74) is 0. The van der Waals surface area contributed by atoms with E-state index in [1.165, 1.54) is 4.90 Å². The van der Waals surface area contributed by atoms with Crippen LogP contribution in [-0.4, -0.2) is 83.2 Å². The first-order chi connectivity index (χ1) is 13.5. The summed E-state index contributed by atoms with van der Waals surface area (Å²) in [6.07, 6.45) is 6.26. The number of carbonyl (C=O) groups excluding carboxylic acids is 4. The van der Waals surface area contributed by atoms with Crippen molar-refractivity contribution in [2.45, 2.75) is 44.9 Å². The average Bonchev–Trinajstić information content (AvgIpc) is 2.67. The van der Waals surface area contributed by atoms with Gasteiger partial charge in [-0.1, -0.05) is 12.8 Å². The number of aldehydes is 1. The fourth-order valence-electron chi connectivity index (χ4n) is 2.53. The van der Waals surface area contributed by atoms with Gasteiger partial charge in [-0.2, -0.15) is 0 Å². The minimum atomic E-state index is -0.235. The van der Waals surface area contributed by atoms with Crippen LogP contribution in [0.2, 0.25) is 0 Å². The van der Waals surface area contributed by atoms with E-state index in [9.17, 15) is 19.2 Å². The van der Waals surface area contributed by atoms with Crippen LogP contribution in [0.5, 0.6) is 0 Å². The Labute approximate surface area is 169 Å². The largest absolute Gasteiger partial charge is 0.409 e. The lowest BCUT2D eigenvalue weighted by Crippen LogP contribution is -2.44. The Morgan fingerprint density at radius 1 is 0.821 bits per heavy atom. The van der Waals surface area contributed by atoms with E-state index in [1.807, 2.05) is 7.05 Å². The number of nitrogens with one attached hydrogen (secondary N) is 4. The van der Waals surface area contributed by atoms with Crippen LogP contribution in [0.3, 0.4) is 0 Å². The molecule has 0 aliphatic carbocycles. The first kappa shape index (κ1) is 26.1. The molecule has 0 aromatic carbocycles. The standard InChI is InChI=1S/C18H34BN5O4/c1-20-9-5-3-7-11-22-18(28)15-24(12-13-25)14-17(27)21-10-6-2-4-8-16(26)23-19/h13,20H,2-12,14-15H2,1H3,(H,21,27)(H,22,28)(H,23,26). The van der Waals surface area contributed by atoms with Crippen molar-refractivity contribution < 1.29 is 19.2 Å². The number of rotatable bonds is 18. The lowest BCUT2D eigenvalue weighted by Gasteiger charge is -2.18. The number of carbonyl (C=O) groups is 4. The molecule has 0 saturated heterocycles. The summed E-state index contributed by atoms with van der Waals surface area (Å²) in [5.74, 6) is -0.632. The second-order valence-corrected chi connectivity index (χ2v) is 6.58. The minimum absolute atomic E-state index is 0.0100. The van der Waals surface area contributed by atoms with Crippen molar-refractivity contribution >= 4 is 32.0 Å². The summed E-state index contributed by atoms with van der Waals surface area (Å²) < 4.78 is 0. The lowest BCUT2D eigenvalue weighted by molar-refractivity contribution is -0.125. The van der Waals surface area contributed by atoms with Gasteiger partial charge in [0.2, 0.25) is 25.7 Å². The first-order valence-corrected chi connectivity index (χ1v) is 9.87. The summed E-state index contributed by atoms with van der Waals surface area (Å²) in [5, 5.41) is 10.7. The predicted octanol–water partition coefficient (Wildman–Crippen LogP) is -1.13. The Kier molecular flexibility index (Phi) is 17.2. The third kappa shape index (κ3) is 16.3. The molecule has 0 fully saturated rings. The van der Waals surface area contributed by atoms with E-state index in [2.05, 4.69) is 21.2 Å². The van der Waals surface area contributed by atoms with Crippen molar-refractivity contribution in [2.75, 3.05) is 46.3 Å². The van der Waals surface area contributed by atoms with Crippen LogP contribution < -0.4 is 21.2 Å². The van der Waals surface area contributed by atoms with Crippen molar-refractivity contribution in [3.8, 4) is 0 Å². The topological polar surface area (TPSA) is 120 Å². The lowest BCUT2D eigenvalue weighted by atomic mass is 10.2. The van der Waals surface area contributed by atoms with Gasteiger partial charge >= 0.3 is 0 Å². The summed E-state index contributed by atoms with van der Waals surface area (Å²) in [7, 11) is 6.90. The van der Waals surface area contributed by atoms with Gasteiger partial charge in [0.1, 0.15) is 6.29 Å². The van der Waals surface area contributed by atoms with E-state index in [0.29, 0.717) is 32.2 Å². The van der Waals surface area contributed by atoms with E-state index in [1.54, 1.807) is 0 Å². The van der Waals surface area contributed by atoms with E-state index in [4.69, 9.17) is 7.98 Å². The van der Waals surface area contributed by atoms with Gasteiger partial charge in [0.25, 0.3) is 0 Å². The van der Waals surface area contributed by atoms with Crippen LogP contribution in [0.25, 0.3) is 0 Å². The maximum absolute atomic E-state index is 12.0. The maximum atomic E-state index is 12.0. The highest BCUT2D eigenvalue weighted by molar-refractivity contribution is 6.14. The molecule has 10 heteroatoms. The van der Waals surface area contributed by atoms with Gasteiger partial charge in [0.05, 0.1) is 19.6 Å². The summed E-state index contributed by atoms with van der Waals surface area (Å²) in [6.45, 7) is 2.06. The molecule has 0 aromatic rings. The number of amides is 3. The number of unbranched alkanes of at least 4 members (excludes halogenated alkanes) is 4. The summed E-state index contributed by atoms with van der Waals surface area (Å²) >= 11 is 0. The molecule has 0 bridgehead atoms. The molecule has 9 nitrogen and oxygen atoms in total. The van der Waals surface area contributed by atoms with Gasteiger partial charge in [0.15, 0.2) is 0 Å². The minimum Gasteiger partial charge on any atom is -0.409 e. The monoisotopic (exact) mass is 395 g/mol. The van der Waals surface area contributed by atoms with Crippen molar-refractivity contribution in [2.24, 2.45) is 0 Å². The van der Waals surface area contributed by atoms with Crippen LogP contribution in [0, 0.1) is 0 Å². The fraction of sp³-hybridized carbons (Fsp3) is 0.778. The molecule has 0 heterocycles. The van der Waals surface area contributed by atoms with Gasteiger partial charge in [-0.3, -0.25) is 19.3 Å². The number of hydrogen-bond acceptors (Lipinski definition) is 6. The molecule has 0 rings (SSSR count). The van der Waals surface area contributed by atoms with Crippen LogP contribution in [0.15, 0.2) is 0 Å². The van der Waals surface area contributed by atoms with Gasteiger partial charge in [-0.25, -0.2) is 0 Å². The molecule has 0 aliphatic heterocycles. The van der Waals surface area contributed by atoms with Crippen molar-refractivity contribution in [3.05, 3.63) is 0 Å². The van der Waals surface area contributed by atoms with E-state index < -0.39 is 0 Å². The Balaban J connectivity index is 3.92. The summed E-state index contributed by atoms with van der Waals surface area (Å²) in [6, 6.07) is 0. The maximum Gasteiger partial charge on any atom is 0.234 e. The highest BCUT2D eigenvalue weighted by Gasteiger charge is 2.13. The van der Waals surface area contributed by atoms with Crippen molar-refractivity contribution in [3.63, 3.8) is 0 Å². The zero-order chi connectivity index (χ0) is 21.0. The molecular formula is C18H34BN5O4. The first-order valence-electron chi connectivity index (χ1n) is 9.87. The molecule has 0 aromatic heterocycles. The van der Waals surface area contributed by atoms with E-state index >= 15 is 0 Å².